The van der Waals surface area contributed by atoms with Crippen LogP contribution in [0.1, 0.15) is 52.4 Å². The van der Waals surface area contributed by atoms with Gasteiger partial charge in [0.2, 0.25) is 0 Å². The van der Waals surface area contributed by atoms with Crippen LogP contribution in [0.5, 0.6) is 0 Å². The number of nitrogens with zero attached hydrogens (tertiary/aromatic N) is 1. The first-order chi connectivity index (χ1) is 7.10. The third-order valence-electron chi connectivity index (χ3n) is 4.44. The van der Waals surface area contributed by atoms with Gasteiger partial charge in [-0.3, -0.25) is 9.69 Å². The Kier molecular flexibility index (Phi) is 3.15. The predicted octanol–water partition coefficient (Wildman–Crippen LogP) is 2.62. The summed E-state index contributed by atoms with van der Waals surface area (Å²) in [6, 6.07) is 0. The van der Waals surface area contributed by atoms with E-state index in [0.717, 1.165) is 31.8 Å². The average Bonchev–Trinajstić information content (AvgIpc) is 2.24. The van der Waals surface area contributed by atoms with Crippen LogP contribution in [0.3, 0.4) is 0 Å². The fraction of sp³-hybridized carbons (Fsp3) is 0.923. The summed E-state index contributed by atoms with van der Waals surface area (Å²) in [6.07, 6.45) is 6.93. The Morgan fingerprint density at radius 2 is 1.73 bits per heavy atom. The van der Waals surface area contributed by atoms with E-state index in [1.54, 1.807) is 0 Å². The van der Waals surface area contributed by atoms with Gasteiger partial charge >= 0.3 is 0 Å². The van der Waals surface area contributed by atoms with Crippen molar-refractivity contribution in [1.82, 2.24) is 4.90 Å². The highest BCUT2D eigenvalue weighted by Crippen LogP contribution is 2.36. The molecule has 0 radical (unpaired) electrons. The molecule has 2 heteroatoms. The van der Waals surface area contributed by atoms with Gasteiger partial charge in [0.05, 0.1) is 0 Å². The van der Waals surface area contributed by atoms with E-state index in [4.69, 9.17) is 0 Å². The highest BCUT2D eigenvalue weighted by Gasteiger charge is 2.36. The van der Waals surface area contributed by atoms with Crippen LogP contribution in [0.15, 0.2) is 0 Å². The first-order valence-electron chi connectivity index (χ1n) is 6.37. The van der Waals surface area contributed by atoms with Gasteiger partial charge in [0, 0.05) is 31.5 Å². The molecule has 2 nitrogen and oxygen atoms in total. The van der Waals surface area contributed by atoms with E-state index in [-0.39, 0.29) is 0 Å². The van der Waals surface area contributed by atoms with Crippen LogP contribution in [0, 0.1) is 5.92 Å². The third kappa shape index (κ3) is 2.41. The first kappa shape index (κ1) is 11.1. The number of hydrogen-bond donors (Lipinski definition) is 0. The van der Waals surface area contributed by atoms with Gasteiger partial charge in [-0.05, 0) is 38.5 Å². The number of likely N-dealkylation sites (tertiary alicyclic amines) is 1. The lowest BCUT2D eigenvalue weighted by Gasteiger charge is -2.46. The van der Waals surface area contributed by atoms with Crippen molar-refractivity contribution in [3.63, 3.8) is 0 Å². The molecule has 0 spiro atoms. The lowest BCUT2D eigenvalue weighted by atomic mass is 9.76. The monoisotopic (exact) mass is 209 g/mol. The smallest absolute Gasteiger partial charge is 0.135 e. The van der Waals surface area contributed by atoms with E-state index < -0.39 is 0 Å². The fourth-order valence-electron chi connectivity index (χ4n) is 3.00. The van der Waals surface area contributed by atoms with E-state index in [0.29, 0.717) is 11.3 Å². The predicted molar refractivity (Wildman–Crippen MR) is 61.9 cm³/mol. The number of rotatable bonds is 1. The van der Waals surface area contributed by atoms with Crippen molar-refractivity contribution in [2.75, 3.05) is 13.1 Å². The van der Waals surface area contributed by atoms with E-state index in [2.05, 4.69) is 18.7 Å². The second-order valence-electron chi connectivity index (χ2n) is 5.71. The molecule has 2 aliphatic rings. The molecular weight excluding hydrogens is 186 g/mol. The Labute approximate surface area is 93.0 Å². The Balaban J connectivity index is 1.94. The Bertz CT molecular complexity index is 231. The maximum Gasteiger partial charge on any atom is 0.135 e. The molecule has 2 rings (SSSR count). The summed E-state index contributed by atoms with van der Waals surface area (Å²) >= 11 is 0. The number of carbonyl (C=O) groups is 1. The van der Waals surface area contributed by atoms with Gasteiger partial charge in [-0.1, -0.05) is 6.92 Å². The maximum atomic E-state index is 11.2. The minimum atomic E-state index is 0.396. The summed E-state index contributed by atoms with van der Waals surface area (Å²) in [4.78, 5) is 13.8. The van der Waals surface area contributed by atoms with E-state index in [9.17, 15) is 4.79 Å². The summed E-state index contributed by atoms with van der Waals surface area (Å²) in [5.41, 5.74) is 0.396. The van der Waals surface area contributed by atoms with Crippen molar-refractivity contribution < 1.29 is 4.79 Å². The van der Waals surface area contributed by atoms with Crippen LogP contribution in [-0.4, -0.2) is 29.3 Å². The lowest BCUT2D eigenvalue weighted by Crippen LogP contribution is -2.51. The van der Waals surface area contributed by atoms with Crippen LogP contribution in [0.2, 0.25) is 0 Å². The number of carbonyl (C=O) groups excluding carboxylic acids is 1. The van der Waals surface area contributed by atoms with Crippen LogP contribution < -0.4 is 0 Å². The van der Waals surface area contributed by atoms with Crippen molar-refractivity contribution in [3.8, 4) is 0 Å². The molecule has 0 aromatic carbocycles. The van der Waals surface area contributed by atoms with E-state index in [1.807, 2.05) is 0 Å². The fourth-order valence-corrected chi connectivity index (χ4v) is 3.00. The molecule has 0 aromatic rings. The Hall–Kier alpha value is -0.370. The minimum Gasteiger partial charge on any atom is -0.300 e. The molecule has 1 saturated heterocycles. The van der Waals surface area contributed by atoms with Crippen molar-refractivity contribution in [2.45, 2.75) is 57.9 Å². The summed E-state index contributed by atoms with van der Waals surface area (Å²) in [5, 5.41) is 0. The van der Waals surface area contributed by atoms with Gasteiger partial charge in [-0.15, -0.1) is 0 Å². The zero-order valence-corrected chi connectivity index (χ0v) is 10.1. The molecule has 0 atom stereocenters. The summed E-state index contributed by atoms with van der Waals surface area (Å²) < 4.78 is 0. The number of piperidine rings is 1. The number of hydrogen-bond acceptors (Lipinski definition) is 2. The van der Waals surface area contributed by atoms with Gasteiger partial charge in [0.1, 0.15) is 5.78 Å². The Morgan fingerprint density at radius 1 is 1.20 bits per heavy atom. The standard InChI is InChI=1S/C13H23NO/c1-11-3-7-13(2,8-4-11)14-9-5-12(15)6-10-14/h11H,3-10H2,1-2H3. The van der Waals surface area contributed by atoms with Gasteiger partial charge in [0.15, 0.2) is 0 Å². The maximum absolute atomic E-state index is 11.2. The molecule has 1 aliphatic carbocycles. The molecule has 0 N–H and O–H groups in total. The molecule has 2 fully saturated rings. The third-order valence-corrected chi connectivity index (χ3v) is 4.44. The highest BCUT2D eigenvalue weighted by molar-refractivity contribution is 5.79. The molecule has 0 bridgehead atoms. The van der Waals surface area contributed by atoms with Crippen LogP contribution in [-0.2, 0) is 4.79 Å². The molecule has 1 saturated carbocycles. The molecular formula is C13H23NO. The quantitative estimate of drug-likeness (QED) is 0.661. The van der Waals surface area contributed by atoms with Crippen molar-refractivity contribution in [2.24, 2.45) is 5.92 Å². The summed E-state index contributed by atoms with van der Waals surface area (Å²) in [5.74, 6) is 1.36. The second kappa shape index (κ2) is 4.25. The average molecular weight is 209 g/mol. The van der Waals surface area contributed by atoms with Gasteiger partial charge < -0.3 is 0 Å². The van der Waals surface area contributed by atoms with Gasteiger partial charge in [-0.25, -0.2) is 0 Å². The minimum absolute atomic E-state index is 0.396. The molecule has 0 amide bonds. The van der Waals surface area contributed by atoms with E-state index >= 15 is 0 Å². The van der Waals surface area contributed by atoms with Crippen LogP contribution in [0.4, 0.5) is 0 Å². The SMILES string of the molecule is CC1CCC(C)(N2CCC(=O)CC2)CC1. The molecule has 0 unspecified atom stereocenters. The molecule has 0 aromatic heterocycles. The molecule has 1 aliphatic heterocycles. The topological polar surface area (TPSA) is 20.3 Å². The van der Waals surface area contributed by atoms with Crippen molar-refractivity contribution in [1.29, 1.82) is 0 Å². The van der Waals surface area contributed by atoms with Crippen LogP contribution in [0.25, 0.3) is 0 Å². The first-order valence-corrected chi connectivity index (χ1v) is 6.37. The number of ketones is 1. The number of Topliss-reactive ketones (excluding diaryl/α,β-unsaturated/α-hetero) is 1. The molecule has 86 valence electrons. The van der Waals surface area contributed by atoms with Gasteiger partial charge in [-0.2, -0.15) is 0 Å². The van der Waals surface area contributed by atoms with E-state index in [1.165, 1.54) is 25.7 Å². The zero-order chi connectivity index (χ0) is 10.9. The highest BCUT2D eigenvalue weighted by atomic mass is 16.1. The van der Waals surface area contributed by atoms with Crippen molar-refractivity contribution in [3.05, 3.63) is 0 Å². The normalized spacial score (nSPS) is 39.3. The molecule has 15 heavy (non-hydrogen) atoms. The molecule has 1 heterocycles. The zero-order valence-electron chi connectivity index (χ0n) is 10.1. The lowest BCUT2D eigenvalue weighted by molar-refractivity contribution is -0.123. The van der Waals surface area contributed by atoms with Crippen LogP contribution >= 0.6 is 0 Å². The second-order valence-corrected chi connectivity index (χ2v) is 5.71. The van der Waals surface area contributed by atoms with Crippen molar-refractivity contribution >= 4 is 5.78 Å². The summed E-state index contributed by atoms with van der Waals surface area (Å²) in [6.45, 7) is 6.77. The largest absolute Gasteiger partial charge is 0.300 e. The van der Waals surface area contributed by atoms with Gasteiger partial charge in [0.25, 0.3) is 0 Å². The summed E-state index contributed by atoms with van der Waals surface area (Å²) in [7, 11) is 0. The Morgan fingerprint density at radius 3 is 2.27 bits per heavy atom.